The third-order valence-corrected chi connectivity index (χ3v) is 5.29. The normalized spacial score (nSPS) is 11.1. The summed E-state index contributed by atoms with van der Waals surface area (Å²) in [7, 11) is 1.39. The van der Waals surface area contributed by atoms with Gasteiger partial charge in [-0.15, -0.1) is 11.3 Å². The summed E-state index contributed by atoms with van der Waals surface area (Å²) < 4.78 is 4.94. The van der Waals surface area contributed by atoms with Crippen molar-refractivity contribution in [1.29, 1.82) is 0 Å². The fourth-order valence-electron chi connectivity index (χ4n) is 3.07. The number of fused-ring (bicyclic) bond motifs is 1. The van der Waals surface area contributed by atoms with Crippen LogP contribution in [-0.2, 0) is 4.74 Å². The molecule has 0 saturated carbocycles. The summed E-state index contributed by atoms with van der Waals surface area (Å²) in [5.41, 5.74) is 9.21. The van der Waals surface area contributed by atoms with Gasteiger partial charge in [-0.25, -0.2) is 9.78 Å². The van der Waals surface area contributed by atoms with Crippen molar-refractivity contribution in [3.8, 4) is 22.4 Å². The molecule has 6 heteroatoms. The van der Waals surface area contributed by atoms with Crippen molar-refractivity contribution in [3.05, 3.63) is 82.7 Å². The SMILES string of the molecule is COC(=O)c1cc(-c2csc(N/N=C/c3ccc(C)cc3)n2)c2cccccc1-2. The molecule has 144 valence electrons. The van der Waals surface area contributed by atoms with Crippen molar-refractivity contribution in [2.24, 2.45) is 5.10 Å². The van der Waals surface area contributed by atoms with Gasteiger partial charge < -0.3 is 4.74 Å². The molecule has 0 bridgehead atoms. The predicted octanol–water partition coefficient (Wildman–Crippen LogP) is 5.46. The van der Waals surface area contributed by atoms with E-state index in [-0.39, 0.29) is 5.97 Å². The molecule has 5 nitrogen and oxygen atoms in total. The number of aromatic nitrogens is 1. The van der Waals surface area contributed by atoms with E-state index < -0.39 is 0 Å². The number of carbonyl (C=O) groups is 1. The maximum Gasteiger partial charge on any atom is 0.338 e. The first-order chi connectivity index (χ1) is 14.2. The number of rotatable bonds is 5. The highest BCUT2D eigenvalue weighted by atomic mass is 32.1. The minimum atomic E-state index is -0.358. The summed E-state index contributed by atoms with van der Waals surface area (Å²) in [4.78, 5) is 16.8. The smallest absolute Gasteiger partial charge is 0.338 e. The average Bonchev–Trinajstić information content (AvgIpc) is 3.26. The standard InChI is InChI=1S/C23H19N3O2S/c1-15-8-10-16(11-9-15)13-24-26-23-25-21(14-29-23)19-12-20(22(27)28-2)18-7-5-3-4-6-17(18)19/h3-14H,1-2H3,(H,25,26)/b24-13+. The average molecular weight is 401 g/mol. The Kier molecular flexibility index (Phi) is 5.35. The van der Waals surface area contributed by atoms with Crippen LogP contribution < -0.4 is 5.43 Å². The second-order valence-corrected chi connectivity index (χ2v) is 7.38. The van der Waals surface area contributed by atoms with Crippen LogP contribution in [-0.4, -0.2) is 24.3 Å². The van der Waals surface area contributed by atoms with E-state index in [4.69, 9.17) is 4.74 Å². The number of hydrazone groups is 1. The Morgan fingerprint density at radius 3 is 2.59 bits per heavy atom. The Labute approximate surface area is 173 Å². The molecule has 2 aromatic rings. The van der Waals surface area contributed by atoms with Gasteiger partial charge in [0, 0.05) is 10.9 Å². The minimum absolute atomic E-state index is 0.358. The molecule has 0 radical (unpaired) electrons. The van der Waals surface area contributed by atoms with E-state index in [9.17, 15) is 4.79 Å². The van der Waals surface area contributed by atoms with Crippen LogP contribution in [0.15, 0.2) is 71.1 Å². The Hall–Kier alpha value is -3.51. The van der Waals surface area contributed by atoms with Crippen LogP contribution in [0.5, 0.6) is 0 Å². The summed E-state index contributed by atoms with van der Waals surface area (Å²) in [5.74, 6) is -0.358. The van der Waals surface area contributed by atoms with Crippen molar-refractivity contribution in [2.75, 3.05) is 12.5 Å². The molecular weight excluding hydrogens is 382 g/mol. The number of methoxy groups -OCH3 is 1. The van der Waals surface area contributed by atoms with Crippen LogP contribution >= 0.6 is 11.3 Å². The number of carbonyl (C=O) groups excluding carboxylic acids is 1. The largest absolute Gasteiger partial charge is 0.465 e. The Morgan fingerprint density at radius 1 is 1.07 bits per heavy atom. The molecule has 1 N–H and O–H groups in total. The molecule has 1 aromatic carbocycles. The van der Waals surface area contributed by atoms with Crippen LogP contribution in [0.1, 0.15) is 21.5 Å². The number of hydrogen-bond acceptors (Lipinski definition) is 6. The Balaban J connectivity index is 1.60. The summed E-state index contributed by atoms with van der Waals surface area (Å²) in [5, 5.41) is 6.90. The van der Waals surface area contributed by atoms with Gasteiger partial charge >= 0.3 is 5.97 Å². The summed E-state index contributed by atoms with van der Waals surface area (Å²) in [6.07, 6.45) is 1.76. The number of ether oxygens (including phenoxy) is 1. The van der Waals surface area contributed by atoms with Gasteiger partial charge in [0.2, 0.25) is 5.13 Å². The first-order valence-corrected chi connectivity index (χ1v) is 9.95. The van der Waals surface area contributed by atoms with Crippen LogP contribution in [0.25, 0.3) is 22.4 Å². The van der Waals surface area contributed by atoms with Crippen LogP contribution in [0, 0.1) is 6.92 Å². The Bertz CT molecular complexity index is 1150. The molecule has 0 spiro atoms. The molecule has 2 aliphatic rings. The molecule has 0 amide bonds. The maximum absolute atomic E-state index is 12.2. The highest BCUT2D eigenvalue weighted by Crippen LogP contribution is 2.39. The lowest BCUT2D eigenvalue weighted by atomic mass is 10.1. The molecular formula is C23H19N3O2S. The van der Waals surface area contributed by atoms with E-state index >= 15 is 0 Å². The molecule has 0 unspecified atom stereocenters. The van der Waals surface area contributed by atoms with Crippen LogP contribution in [0.2, 0.25) is 0 Å². The van der Waals surface area contributed by atoms with Crippen molar-refractivity contribution < 1.29 is 9.53 Å². The number of nitrogens with one attached hydrogen (secondary N) is 1. The molecule has 0 fully saturated rings. The van der Waals surface area contributed by atoms with E-state index in [1.54, 1.807) is 6.21 Å². The Morgan fingerprint density at radius 2 is 1.83 bits per heavy atom. The van der Waals surface area contributed by atoms with Crippen molar-refractivity contribution in [2.45, 2.75) is 6.92 Å². The maximum atomic E-state index is 12.2. The minimum Gasteiger partial charge on any atom is -0.465 e. The monoisotopic (exact) mass is 401 g/mol. The number of anilines is 1. The first kappa shape index (κ1) is 18.8. The zero-order valence-electron chi connectivity index (χ0n) is 16.0. The zero-order chi connectivity index (χ0) is 20.2. The highest BCUT2D eigenvalue weighted by molar-refractivity contribution is 7.14. The van der Waals surface area contributed by atoms with E-state index in [2.05, 4.69) is 22.4 Å². The molecule has 4 rings (SSSR count). The van der Waals surface area contributed by atoms with Gasteiger partial charge in [-0.05, 0) is 29.7 Å². The quantitative estimate of drug-likeness (QED) is 0.274. The van der Waals surface area contributed by atoms with Gasteiger partial charge in [-0.1, -0.05) is 60.2 Å². The van der Waals surface area contributed by atoms with Gasteiger partial charge in [0.1, 0.15) is 0 Å². The summed E-state index contributed by atoms with van der Waals surface area (Å²) >= 11 is 1.46. The van der Waals surface area contributed by atoms with E-state index in [0.717, 1.165) is 27.9 Å². The lowest BCUT2D eigenvalue weighted by molar-refractivity contribution is 0.0602. The lowest BCUT2D eigenvalue weighted by Crippen LogP contribution is -1.99. The van der Waals surface area contributed by atoms with Gasteiger partial charge in [0.25, 0.3) is 0 Å². The van der Waals surface area contributed by atoms with Crippen LogP contribution in [0.4, 0.5) is 5.13 Å². The number of benzene rings is 1. The fourth-order valence-corrected chi connectivity index (χ4v) is 3.73. The van der Waals surface area contributed by atoms with Gasteiger partial charge in [0.05, 0.1) is 24.6 Å². The van der Waals surface area contributed by atoms with Crippen molar-refractivity contribution in [1.82, 2.24) is 4.98 Å². The van der Waals surface area contributed by atoms with Gasteiger partial charge in [0.15, 0.2) is 0 Å². The van der Waals surface area contributed by atoms with Crippen LogP contribution in [0.3, 0.4) is 0 Å². The fraction of sp³-hybridized carbons (Fsp3) is 0.0870. The summed E-state index contributed by atoms with van der Waals surface area (Å²) in [6, 6.07) is 19.6. The lowest BCUT2D eigenvalue weighted by Gasteiger charge is -2.00. The van der Waals surface area contributed by atoms with Gasteiger partial charge in [-0.2, -0.15) is 5.10 Å². The van der Waals surface area contributed by atoms with E-state index in [1.165, 1.54) is 24.0 Å². The van der Waals surface area contributed by atoms with Crippen molar-refractivity contribution >= 4 is 28.7 Å². The predicted molar refractivity (Wildman–Crippen MR) is 118 cm³/mol. The molecule has 2 aliphatic carbocycles. The number of nitrogens with zero attached hydrogens (tertiary/aromatic N) is 2. The second-order valence-electron chi connectivity index (χ2n) is 6.52. The number of aryl methyl sites for hydroxylation is 1. The first-order valence-electron chi connectivity index (χ1n) is 9.07. The number of thiazole rings is 1. The molecule has 1 aromatic heterocycles. The number of hydrogen-bond donors (Lipinski definition) is 1. The third kappa shape index (κ3) is 4.02. The number of esters is 1. The van der Waals surface area contributed by atoms with Gasteiger partial charge in [-0.3, -0.25) is 5.43 Å². The zero-order valence-corrected chi connectivity index (χ0v) is 16.9. The van der Waals surface area contributed by atoms with E-state index in [1.807, 2.05) is 66.0 Å². The molecule has 0 atom stereocenters. The third-order valence-electron chi connectivity index (χ3n) is 4.54. The second kappa shape index (κ2) is 8.24. The molecule has 0 saturated heterocycles. The van der Waals surface area contributed by atoms with Crippen molar-refractivity contribution in [3.63, 3.8) is 0 Å². The van der Waals surface area contributed by atoms with E-state index in [0.29, 0.717) is 10.7 Å². The topological polar surface area (TPSA) is 63.6 Å². The molecule has 29 heavy (non-hydrogen) atoms. The molecule has 1 heterocycles. The molecule has 0 aliphatic heterocycles. The highest BCUT2D eigenvalue weighted by Gasteiger charge is 2.22. The summed E-state index contributed by atoms with van der Waals surface area (Å²) in [6.45, 7) is 2.05.